The predicted octanol–water partition coefficient (Wildman–Crippen LogP) is 1.99. The molecule has 0 saturated heterocycles. The van der Waals surface area contributed by atoms with E-state index in [1.165, 1.54) is 7.11 Å². The van der Waals surface area contributed by atoms with Crippen molar-refractivity contribution in [2.75, 3.05) is 7.11 Å². The zero-order valence-corrected chi connectivity index (χ0v) is 11.7. The second kappa shape index (κ2) is 5.61. The normalized spacial score (nSPS) is 23.3. The maximum Gasteiger partial charge on any atom is 0.408 e. The van der Waals surface area contributed by atoms with Crippen LogP contribution in [0.25, 0.3) is 0 Å². The second-order valence-electron chi connectivity index (χ2n) is 5.08. The highest BCUT2D eigenvalue weighted by atomic mass is 35.5. The van der Waals surface area contributed by atoms with Crippen LogP contribution in [0.2, 0.25) is 0 Å². The molecule has 6 heteroatoms. The lowest BCUT2D eigenvalue weighted by Gasteiger charge is -2.22. The fourth-order valence-electron chi connectivity index (χ4n) is 1.58. The number of esters is 1. The first-order valence-electron chi connectivity index (χ1n) is 5.65. The van der Waals surface area contributed by atoms with E-state index in [0.29, 0.717) is 12.0 Å². The minimum atomic E-state index is -0.570. The number of hydrogen-bond donors (Lipinski definition) is 1. The summed E-state index contributed by atoms with van der Waals surface area (Å²) in [5.74, 6) is -0.422. The first kappa shape index (κ1) is 14.8. The molecule has 0 aliphatic heterocycles. The van der Waals surface area contributed by atoms with Crippen molar-refractivity contribution in [3.05, 3.63) is 11.6 Å². The van der Waals surface area contributed by atoms with Crippen LogP contribution in [-0.2, 0) is 14.3 Å². The van der Waals surface area contributed by atoms with Crippen molar-refractivity contribution < 1.29 is 19.1 Å². The van der Waals surface area contributed by atoms with Crippen molar-refractivity contribution >= 4 is 23.7 Å². The van der Waals surface area contributed by atoms with Crippen molar-refractivity contribution in [3.8, 4) is 0 Å². The van der Waals surface area contributed by atoms with Crippen LogP contribution in [0.4, 0.5) is 4.79 Å². The Morgan fingerprint density at radius 2 is 2.06 bits per heavy atom. The fourth-order valence-corrected chi connectivity index (χ4v) is 1.89. The number of alkyl halides is 1. The number of nitrogens with one attached hydrogen (secondary N) is 1. The fraction of sp³-hybridized carbons (Fsp3) is 0.667. The third-order valence-corrected chi connectivity index (χ3v) is 2.74. The zero-order valence-electron chi connectivity index (χ0n) is 11.0. The van der Waals surface area contributed by atoms with Gasteiger partial charge in [0.15, 0.2) is 0 Å². The Bertz CT molecular complexity index is 373. The molecule has 1 aliphatic carbocycles. The molecular formula is C12H18ClNO4. The van der Waals surface area contributed by atoms with Gasteiger partial charge in [-0.15, -0.1) is 11.6 Å². The van der Waals surface area contributed by atoms with Crippen molar-refractivity contribution in [2.24, 2.45) is 0 Å². The third kappa shape index (κ3) is 4.22. The average molecular weight is 276 g/mol. The highest BCUT2D eigenvalue weighted by Crippen LogP contribution is 2.25. The van der Waals surface area contributed by atoms with Gasteiger partial charge in [0.2, 0.25) is 0 Å². The molecule has 102 valence electrons. The van der Waals surface area contributed by atoms with Crippen LogP contribution >= 0.6 is 11.6 Å². The number of ether oxygens (including phenoxy) is 2. The van der Waals surface area contributed by atoms with Crippen LogP contribution in [0.15, 0.2) is 11.6 Å². The summed E-state index contributed by atoms with van der Waals surface area (Å²) in [6.45, 7) is 5.32. The molecule has 0 aromatic carbocycles. The van der Waals surface area contributed by atoms with Crippen LogP contribution < -0.4 is 5.32 Å². The molecule has 2 atom stereocenters. The highest BCUT2D eigenvalue weighted by molar-refractivity contribution is 6.22. The smallest absolute Gasteiger partial charge is 0.408 e. The van der Waals surface area contributed by atoms with Gasteiger partial charge in [0.1, 0.15) is 5.60 Å². The first-order valence-corrected chi connectivity index (χ1v) is 6.09. The maximum absolute atomic E-state index is 11.6. The van der Waals surface area contributed by atoms with Crippen LogP contribution in [-0.4, -0.2) is 36.2 Å². The molecule has 0 unspecified atom stereocenters. The van der Waals surface area contributed by atoms with Gasteiger partial charge < -0.3 is 14.8 Å². The highest BCUT2D eigenvalue weighted by Gasteiger charge is 2.31. The molecule has 0 radical (unpaired) electrons. The van der Waals surface area contributed by atoms with Crippen LogP contribution in [0.5, 0.6) is 0 Å². The molecule has 1 N–H and O–H groups in total. The maximum atomic E-state index is 11.6. The molecular weight excluding hydrogens is 258 g/mol. The Morgan fingerprint density at radius 3 is 2.56 bits per heavy atom. The Hall–Kier alpha value is -1.23. The quantitative estimate of drug-likeness (QED) is 0.618. The molecule has 1 rings (SSSR count). The number of carbonyl (C=O) groups is 2. The number of carbonyl (C=O) groups excluding carboxylic acids is 2. The summed E-state index contributed by atoms with van der Waals surface area (Å²) >= 11 is 6.06. The number of hydrogen-bond acceptors (Lipinski definition) is 4. The molecule has 0 aromatic heterocycles. The van der Waals surface area contributed by atoms with E-state index in [1.807, 2.05) is 0 Å². The molecule has 0 spiro atoms. The molecule has 0 saturated carbocycles. The Kier molecular flexibility index (Phi) is 4.62. The van der Waals surface area contributed by atoms with Gasteiger partial charge in [-0.05, 0) is 27.2 Å². The van der Waals surface area contributed by atoms with Gasteiger partial charge in [-0.3, -0.25) is 0 Å². The lowest BCUT2D eigenvalue weighted by Crippen LogP contribution is -2.41. The van der Waals surface area contributed by atoms with Gasteiger partial charge in [-0.2, -0.15) is 0 Å². The van der Waals surface area contributed by atoms with Gasteiger partial charge in [-0.25, -0.2) is 9.59 Å². The van der Waals surface area contributed by atoms with Gasteiger partial charge in [-0.1, -0.05) is 6.08 Å². The molecule has 0 heterocycles. The minimum absolute atomic E-state index is 0.369. The molecule has 0 bridgehead atoms. The summed E-state index contributed by atoms with van der Waals surface area (Å²) in [5.41, 5.74) is -0.0992. The number of rotatable bonds is 2. The van der Waals surface area contributed by atoms with Gasteiger partial charge >= 0.3 is 12.1 Å². The topological polar surface area (TPSA) is 64.6 Å². The number of methoxy groups -OCH3 is 1. The van der Waals surface area contributed by atoms with E-state index >= 15 is 0 Å². The lowest BCUT2D eigenvalue weighted by atomic mass is 10.2. The molecule has 0 aromatic rings. The lowest BCUT2D eigenvalue weighted by molar-refractivity contribution is -0.136. The second-order valence-corrected chi connectivity index (χ2v) is 5.64. The summed E-state index contributed by atoms with van der Waals surface area (Å²) in [6.07, 6.45) is 1.42. The van der Waals surface area contributed by atoms with E-state index in [4.69, 9.17) is 16.3 Å². The van der Waals surface area contributed by atoms with E-state index in [0.717, 1.165) is 0 Å². The Balaban J connectivity index is 2.60. The van der Waals surface area contributed by atoms with Crippen LogP contribution in [0.3, 0.4) is 0 Å². The summed E-state index contributed by atoms with van der Waals surface area (Å²) in [7, 11) is 1.31. The van der Waals surface area contributed by atoms with E-state index in [9.17, 15) is 9.59 Å². The van der Waals surface area contributed by atoms with E-state index in [1.54, 1.807) is 26.8 Å². The van der Waals surface area contributed by atoms with E-state index in [-0.39, 0.29) is 5.38 Å². The van der Waals surface area contributed by atoms with Gasteiger partial charge in [0.05, 0.1) is 18.5 Å². The molecule has 18 heavy (non-hydrogen) atoms. The van der Waals surface area contributed by atoms with E-state index < -0.39 is 23.7 Å². The Labute approximate surface area is 111 Å². The van der Waals surface area contributed by atoms with Crippen LogP contribution in [0, 0.1) is 0 Å². The summed E-state index contributed by atoms with van der Waals surface area (Å²) in [6, 6.07) is -0.421. The van der Waals surface area contributed by atoms with Crippen molar-refractivity contribution in [1.82, 2.24) is 5.32 Å². The van der Waals surface area contributed by atoms with Crippen molar-refractivity contribution in [3.63, 3.8) is 0 Å². The van der Waals surface area contributed by atoms with Gasteiger partial charge in [0.25, 0.3) is 0 Å². The van der Waals surface area contributed by atoms with E-state index in [2.05, 4.69) is 10.1 Å². The summed E-state index contributed by atoms with van der Waals surface area (Å²) in [5, 5.41) is 2.25. The number of alkyl carbamates (subject to hydrolysis) is 1. The summed E-state index contributed by atoms with van der Waals surface area (Å²) < 4.78 is 9.72. The standard InChI is InChI=1S/C12H18ClNO4/c1-12(2,3)18-11(16)14-9-6-7(5-8(9)13)10(15)17-4/h6,8-9H,5H2,1-4H3,(H,14,16)/t8-,9-/m0/s1. The van der Waals surface area contributed by atoms with Crippen LogP contribution in [0.1, 0.15) is 27.2 Å². The SMILES string of the molecule is COC(=O)C1=C[C@H](NC(=O)OC(C)(C)C)[C@@H](Cl)C1. The molecule has 5 nitrogen and oxygen atoms in total. The summed E-state index contributed by atoms with van der Waals surface area (Å²) in [4.78, 5) is 22.9. The number of amides is 1. The largest absolute Gasteiger partial charge is 0.466 e. The predicted molar refractivity (Wildman–Crippen MR) is 67.5 cm³/mol. The molecule has 1 aliphatic rings. The van der Waals surface area contributed by atoms with Gasteiger partial charge in [0, 0.05) is 5.57 Å². The number of halogens is 1. The van der Waals surface area contributed by atoms with Crippen molar-refractivity contribution in [1.29, 1.82) is 0 Å². The molecule has 1 amide bonds. The monoisotopic (exact) mass is 275 g/mol. The molecule has 0 fully saturated rings. The van der Waals surface area contributed by atoms with Crippen molar-refractivity contribution in [2.45, 2.75) is 44.2 Å². The first-order chi connectivity index (χ1) is 8.23. The Morgan fingerprint density at radius 1 is 1.44 bits per heavy atom. The zero-order chi connectivity index (χ0) is 13.9. The average Bonchev–Trinajstić information content (AvgIpc) is 2.56. The minimum Gasteiger partial charge on any atom is -0.466 e. The third-order valence-electron chi connectivity index (χ3n) is 2.32.